The second-order valence-electron chi connectivity index (χ2n) is 2.88. The number of nitrogen functional groups attached to an aromatic ring is 1. The van der Waals surface area contributed by atoms with E-state index in [4.69, 9.17) is 5.84 Å². The topological polar surface area (TPSA) is 63.0 Å². The molecule has 0 bridgehead atoms. The summed E-state index contributed by atoms with van der Waals surface area (Å²) in [5, 5.41) is 3.23. The molecule has 2 rings (SSSR count). The molecule has 64 valence electrons. The lowest BCUT2D eigenvalue weighted by atomic mass is 10.1. The third kappa shape index (κ3) is 1.21. The van der Waals surface area contributed by atoms with E-state index in [0.717, 1.165) is 18.8 Å². The van der Waals surface area contributed by atoms with E-state index in [2.05, 4.69) is 21.8 Å². The molecule has 1 aliphatic heterocycles. The molecule has 1 aromatic heterocycles. The van der Waals surface area contributed by atoms with Crippen molar-refractivity contribution in [1.29, 1.82) is 0 Å². The van der Waals surface area contributed by atoms with E-state index in [0.29, 0.717) is 5.82 Å². The number of aryl methyl sites for hydroxylation is 1. The van der Waals surface area contributed by atoms with Gasteiger partial charge in [-0.2, -0.15) is 0 Å². The molecule has 0 unspecified atom stereocenters. The van der Waals surface area contributed by atoms with Crippen LogP contribution in [0.2, 0.25) is 0 Å². The second kappa shape index (κ2) is 2.98. The van der Waals surface area contributed by atoms with Gasteiger partial charge in [-0.1, -0.05) is 6.07 Å². The summed E-state index contributed by atoms with van der Waals surface area (Å²) in [7, 11) is 0. The predicted molar refractivity (Wildman–Crippen MR) is 48.9 cm³/mol. The highest BCUT2D eigenvalue weighted by molar-refractivity contribution is 5.52. The number of nitrogens with two attached hydrogens (primary N) is 1. The smallest absolute Gasteiger partial charge is 0.142 e. The van der Waals surface area contributed by atoms with Crippen molar-refractivity contribution in [1.82, 2.24) is 4.98 Å². The van der Waals surface area contributed by atoms with Gasteiger partial charge in [0, 0.05) is 6.54 Å². The van der Waals surface area contributed by atoms with Gasteiger partial charge >= 0.3 is 0 Å². The van der Waals surface area contributed by atoms with Crippen LogP contribution in [0.5, 0.6) is 0 Å². The number of nitrogens with zero attached hydrogens (tertiary/aromatic N) is 1. The van der Waals surface area contributed by atoms with E-state index in [1.807, 2.05) is 6.07 Å². The molecular weight excluding hydrogens is 152 g/mol. The molecule has 1 aromatic rings. The summed E-state index contributed by atoms with van der Waals surface area (Å²) in [6.45, 7) is 1.01. The summed E-state index contributed by atoms with van der Waals surface area (Å²) in [5.74, 6) is 6.92. The number of hydrazine groups is 1. The van der Waals surface area contributed by atoms with Gasteiger partial charge < -0.3 is 10.7 Å². The van der Waals surface area contributed by atoms with Crippen molar-refractivity contribution in [2.45, 2.75) is 12.8 Å². The summed E-state index contributed by atoms with van der Waals surface area (Å²) < 4.78 is 0. The van der Waals surface area contributed by atoms with Crippen LogP contribution in [0, 0.1) is 0 Å². The van der Waals surface area contributed by atoms with Crippen molar-refractivity contribution >= 4 is 11.6 Å². The number of hydrogen-bond donors (Lipinski definition) is 3. The summed E-state index contributed by atoms with van der Waals surface area (Å²) >= 11 is 0. The summed E-state index contributed by atoms with van der Waals surface area (Å²) in [5.41, 5.74) is 3.80. The Hall–Kier alpha value is -1.29. The predicted octanol–water partition coefficient (Wildman–Crippen LogP) is 0.725. The highest BCUT2D eigenvalue weighted by Gasteiger charge is 2.09. The van der Waals surface area contributed by atoms with Gasteiger partial charge in [-0.25, -0.2) is 10.8 Å². The lowest BCUT2D eigenvalue weighted by Crippen LogP contribution is -2.15. The molecule has 0 saturated carbocycles. The summed E-state index contributed by atoms with van der Waals surface area (Å²) in [4.78, 5) is 4.28. The largest absolute Gasteiger partial charge is 0.370 e. The SMILES string of the molecule is NNc1ccc2c(n1)NCCC2. The first-order chi connectivity index (χ1) is 5.90. The lowest BCUT2D eigenvalue weighted by Gasteiger charge is -2.16. The van der Waals surface area contributed by atoms with E-state index >= 15 is 0 Å². The molecule has 1 aliphatic rings. The minimum absolute atomic E-state index is 0.711. The lowest BCUT2D eigenvalue weighted by molar-refractivity contribution is 0.818. The van der Waals surface area contributed by atoms with Crippen molar-refractivity contribution in [2.75, 3.05) is 17.3 Å². The number of fused-ring (bicyclic) bond motifs is 1. The monoisotopic (exact) mass is 164 g/mol. The average molecular weight is 164 g/mol. The first-order valence-corrected chi connectivity index (χ1v) is 4.10. The molecule has 4 nitrogen and oxygen atoms in total. The van der Waals surface area contributed by atoms with Gasteiger partial charge in [0.2, 0.25) is 0 Å². The van der Waals surface area contributed by atoms with Crippen molar-refractivity contribution in [3.05, 3.63) is 17.7 Å². The maximum Gasteiger partial charge on any atom is 0.142 e. The van der Waals surface area contributed by atoms with E-state index < -0.39 is 0 Å². The zero-order chi connectivity index (χ0) is 8.39. The molecule has 0 atom stereocenters. The van der Waals surface area contributed by atoms with Crippen molar-refractivity contribution in [3.63, 3.8) is 0 Å². The molecule has 4 heteroatoms. The van der Waals surface area contributed by atoms with Crippen LogP contribution in [0.1, 0.15) is 12.0 Å². The van der Waals surface area contributed by atoms with Crippen LogP contribution in [-0.2, 0) is 6.42 Å². The summed E-state index contributed by atoms with van der Waals surface area (Å²) in [6.07, 6.45) is 2.30. The Bertz CT molecular complexity index is 284. The third-order valence-electron chi connectivity index (χ3n) is 2.04. The average Bonchev–Trinajstić information content (AvgIpc) is 2.17. The zero-order valence-corrected chi connectivity index (χ0v) is 6.80. The Morgan fingerprint density at radius 2 is 2.42 bits per heavy atom. The molecule has 0 saturated heterocycles. The van der Waals surface area contributed by atoms with Crippen molar-refractivity contribution in [2.24, 2.45) is 5.84 Å². The number of rotatable bonds is 1. The molecule has 4 N–H and O–H groups in total. The third-order valence-corrected chi connectivity index (χ3v) is 2.04. The Labute approximate surface area is 71.1 Å². The van der Waals surface area contributed by atoms with Crippen LogP contribution in [0.3, 0.4) is 0 Å². The van der Waals surface area contributed by atoms with Crippen molar-refractivity contribution in [3.8, 4) is 0 Å². The molecule has 12 heavy (non-hydrogen) atoms. The Kier molecular flexibility index (Phi) is 1.83. The quantitative estimate of drug-likeness (QED) is 0.423. The van der Waals surface area contributed by atoms with Crippen LogP contribution in [0.4, 0.5) is 11.6 Å². The van der Waals surface area contributed by atoms with Crippen LogP contribution in [0.15, 0.2) is 12.1 Å². The number of anilines is 2. The molecule has 0 amide bonds. The normalized spacial score (nSPS) is 14.8. The summed E-state index contributed by atoms with van der Waals surface area (Å²) in [6, 6.07) is 3.95. The van der Waals surface area contributed by atoms with Gasteiger partial charge in [0.25, 0.3) is 0 Å². The maximum absolute atomic E-state index is 5.24. The van der Waals surface area contributed by atoms with Gasteiger partial charge in [0.1, 0.15) is 11.6 Å². The fourth-order valence-electron chi connectivity index (χ4n) is 1.41. The van der Waals surface area contributed by atoms with E-state index in [1.165, 1.54) is 12.0 Å². The molecule has 0 fully saturated rings. The van der Waals surface area contributed by atoms with E-state index in [1.54, 1.807) is 0 Å². The standard InChI is InChI=1S/C8H12N4/c9-12-7-4-3-6-2-1-5-10-8(6)11-7/h3-4H,1-2,5,9H2,(H2,10,11,12). The Morgan fingerprint density at radius 1 is 1.50 bits per heavy atom. The van der Waals surface area contributed by atoms with Gasteiger partial charge in [-0.3, -0.25) is 0 Å². The second-order valence-corrected chi connectivity index (χ2v) is 2.88. The van der Waals surface area contributed by atoms with E-state index in [-0.39, 0.29) is 0 Å². The Morgan fingerprint density at radius 3 is 3.25 bits per heavy atom. The van der Waals surface area contributed by atoms with Gasteiger partial charge in [-0.15, -0.1) is 0 Å². The fourth-order valence-corrected chi connectivity index (χ4v) is 1.41. The minimum Gasteiger partial charge on any atom is -0.370 e. The number of aromatic nitrogens is 1. The minimum atomic E-state index is 0.711. The maximum atomic E-state index is 5.24. The molecule has 0 spiro atoms. The number of nitrogens with one attached hydrogen (secondary N) is 2. The van der Waals surface area contributed by atoms with Crippen LogP contribution < -0.4 is 16.6 Å². The highest BCUT2D eigenvalue weighted by Crippen LogP contribution is 2.20. The van der Waals surface area contributed by atoms with Gasteiger partial charge in [-0.05, 0) is 24.5 Å². The molecule has 0 aromatic carbocycles. The first kappa shape index (κ1) is 7.36. The van der Waals surface area contributed by atoms with Gasteiger partial charge in [0.15, 0.2) is 0 Å². The van der Waals surface area contributed by atoms with Gasteiger partial charge in [0.05, 0.1) is 0 Å². The highest BCUT2D eigenvalue weighted by atomic mass is 15.3. The first-order valence-electron chi connectivity index (χ1n) is 4.10. The van der Waals surface area contributed by atoms with E-state index in [9.17, 15) is 0 Å². The van der Waals surface area contributed by atoms with Crippen LogP contribution >= 0.6 is 0 Å². The van der Waals surface area contributed by atoms with Crippen LogP contribution in [-0.4, -0.2) is 11.5 Å². The van der Waals surface area contributed by atoms with Crippen molar-refractivity contribution < 1.29 is 0 Å². The number of pyridine rings is 1. The molecule has 2 heterocycles. The fraction of sp³-hybridized carbons (Fsp3) is 0.375. The number of hydrogen-bond acceptors (Lipinski definition) is 4. The molecular formula is C8H12N4. The zero-order valence-electron chi connectivity index (χ0n) is 6.80. The molecule has 0 aliphatic carbocycles. The van der Waals surface area contributed by atoms with Crippen LogP contribution in [0.25, 0.3) is 0 Å². The molecule has 0 radical (unpaired) electrons. The Balaban J connectivity index is 2.36.